The Hall–Kier alpha value is -8.42. The Morgan fingerprint density at radius 3 is 1.79 bits per heavy atom. The molecule has 5 aromatic carbocycles. The third-order valence-electron chi connectivity index (χ3n) is 17.5. The molecule has 2 fully saturated rings. The molecule has 6 atom stereocenters. The molecule has 0 amide bonds. The topological polar surface area (TPSA) is 410 Å². The first-order valence-electron chi connectivity index (χ1n) is 29.3. The van der Waals surface area contributed by atoms with Gasteiger partial charge in [0.15, 0.2) is 0 Å². The van der Waals surface area contributed by atoms with Crippen LogP contribution < -0.4 is 31.8 Å². The van der Waals surface area contributed by atoms with E-state index in [0.29, 0.717) is 46.3 Å². The predicted molar refractivity (Wildman–Crippen MR) is 345 cm³/mol. The molecule has 11 N–H and O–H groups in total. The number of anilines is 6. The van der Waals surface area contributed by atoms with Gasteiger partial charge in [0.2, 0.25) is 27.9 Å². The molecule has 0 bridgehead atoms. The van der Waals surface area contributed by atoms with Crippen molar-refractivity contribution in [1.29, 1.82) is 0 Å². The standard InChI is InChI=1S/C63H69N9O16S4/c1-30-21-38(13-17-47(30)68-63-70-61(64)69-62(71-63)66-43-25-40(59(73)74)24-41(26-43)60(75)76)23-39-14-18-48(31(2)22-39)72-89(77,78)52-12-10-9-11-45(52)54-44-16-15-42(65-55-32(3)19-34(5)57(36(55)7)91(82,83)84)27-50(44)88-51-29-49(53(28-46(51)54)90(79,80)81)67-56-33(4)20-35(6)58(37(56)8)92(85,86)87/h9-12,15-16,19-20,24-31,38-39,47-48,65,72H,13-14,17-18,21-23H2,1-8H3,(H,73,74)(H,75,76)(H,79,80,81)(H,82,83,84)(H,85,86,87)(H4,64,66,68,69,70,71). The van der Waals surface area contributed by atoms with Crippen molar-refractivity contribution in [2.24, 2.45) is 28.7 Å². The van der Waals surface area contributed by atoms with Crippen LogP contribution in [0, 0.1) is 65.2 Å². The molecule has 1 aromatic heterocycles. The third-order valence-corrected chi connectivity index (χ3v) is 22.2. The van der Waals surface area contributed by atoms with Crippen LogP contribution in [-0.4, -0.2) is 96.5 Å². The van der Waals surface area contributed by atoms with E-state index in [-0.39, 0.29) is 118 Å². The molecule has 2 saturated carbocycles. The first-order chi connectivity index (χ1) is 43.0. The van der Waals surface area contributed by atoms with Crippen molar-refractivity contribution in [3.05, 3.63) is 135 Å². The van der Waals surface area contributed by atoms with E-state index in [4.69, 9.17) is 10.2 Å². The van der Waals surface area contributed by atoms with E-state index in [9.17, 15) is 58.7 Å². The van der Waals surface area contributed by atoms with E-state index < -0.39 is 73.5 Å². The van der Waals surface area contributed by atoms with Crippen molar-refractivity contribution >= 4 is 104 Å². The van der Waals surface area contributed by atoms with Crippen LogP contribution in [0.1, 0.15) is 113 Å². The number of nitrogens with zero attached hydrogens (tertiary/aromatic N) is 4. The predicted octanol–water partition coefficient (Wildman–Crippen LogP) is 11.1. The van der Waals surface area contributed by atoms with Gasteiger partial charge in [-0.3, -0.25) is 13.7 Å². The summed E-state index contributed by atoms with van der Waals surface area (Å²) in [5.41, 5.74) is 8.55. The number of rotatable bonds is 18. The molecular formula is C63H69N9O16S4. The van der Waals surface area contributed by atoms with Crippen LogP contribution in [0.25, 0.3) is 33.4 Å². The monoisotopic (exact) mass is 1340 g/mol. The number of sulfonamides is 1. The van der Waals surface area contributed by atoms with Gasteiger partial charge in [0.25, 0.3) is 30.4 Å². The van der Waals surface area contributed by atoms with Crippen LogP contribution in [0.2, 0.25) is 0 Å². The molecule has 25 nitrogen and oxygen atoms in total. The van der Waals surface area contributed by atoms with Crippen molar-refractivity contribution in [1.82, 2.24) is 19.7 Å². The first-order valence-corrected chi connectivity index (χ1v) is 35.1. The molecule has 29 heteroatoms. The zero-order valence-electron chi connectivity index (χ0n) is 51.2. The van der Waals surface area contributed by atoms with Crippen molar-refractivity contribution in [2.75, 3.05) is 21.7 Å². The fourth-order valence-electron chi connectivity index (χ4n) is 13.5. The average molecular weight is 1340 g/mol. The SMILES string of the molecule is Cc1cc(C)c(S(=O)(=O)O)c(C)c1N=c1cc2oc3cc(Nc4c(C)cc(C)c(S(=O)(=O)O)c4C)ccc3c(-c3ccccc3S(=O)(=O)NC3CCC(CC4CCC(Nc5nc(N)nc(Nc6cc(C(=O)O)cc(C(=O)O)c6)n5)C(C)C4)CC3C)c-2cc1S(=O)(=O)O. The lowest BCUT2D eigenvalue weighted by Crippen LogP contribution is -2.43. The molecule has 6 unspecified atom stereocenters. The minimum Gasteiger partial charge on any atom is -0.478 e. The molecule has 92 heavy (non-hydrogen) atoms. The van der Waals surface area contributed by atoms with Crippen LogP contribution in [0.15, 0.2) is 114 Å². The zero-order chi connectivity index (χ0) is 66.8. The Bertz CT molecular complexity index is 4840. The number of aryl methyl sites for hydroxylation is 4. The van der Waals surface area contributed by atoms with Gasteiger partial charge in [0, 0.05) is 63.4 Å². The minimum atomic E-state index is -5.19. The maximum atomic E-state index is 15.1. The van der Waals surface area contributed by atoms with E-state index in [1.165, 1.54) is 51.1 Å². The van der Waals surface area contributed by atoms with E-state index in [2.05, 4.69) is 47.5 Å². The maximum Gasteiger partial charge on any atom is 0.335 e. The second-order valence-electron chi connectivity index (χ2n) is 24.2. The summed E-state index contributed by atoms with van der Waals surface area (Å²) in [6, 6.07) is 19.4. The lowest BCUT2D eigenvalue weighted by atomic mass is 9.71. The van der Waals surface area contributed by atoms with Crippen LogP contribution in [0.4, 0.5) is 40.6 Å². The van der Waals surface area contributed by atoms with E-state index >= 15 is 8.42 Å². The molecule has 0 radical (unpaired) electrons. The number of carboxylic acid groups (broad SMARTS) is 2. The van der Waals surface area contributed by atoms with Gasteiger partial charge in [-0.25, -0.2) is 27.7 Å². The van der Waals surface area contributed by atoms with Crippen molar-refractivity contribution < 1.29 is 71.5 Å². The Kier molecular flexibility index (Phi) is 18.2. The van der Waals surface area contributed by atoms with Crippen LogP contribution in [0.3, 0.4) is 0 Å². The number of aromatic carboxylic acids is 2. The Labute approximate surface area is 531 Å². The molecule has 6 aromatic rings. The maximum absolute atomic E-state index is 15.1. The molecular weight excluding hydrogens is 1270 g/mol. The second-order valence-corrected chi connectivity index (χ2v) is 30.0. The second kappa shape index (κ2) is 25.2. The van der Waals surface area contributed by atoms with Crippen molar-refractivity contribution in [3.8, 4) is 22.5 Å². The molecule has 1 aliphatic heterocycles. The summed E-state index contributed by atoms with van der Waals surface area (Å²) in [4.78, 5) is 39.2. The largest absolute Gasteiger partial charge is 0.478 e. The number of fused-ring (bicyclic) bond motifs is 2. The van der Waals surface area contributed by atoms with Gasteiger partial charge in [-0.15, -0.1) is 0 Å². The van der Waals surface area contributed by atoms with Gasteiger partial charge >= 0.3 is 11.9 Å². The number of carboxylic acids is 2. The number of aromatic nitrogens is 3. The molecule has 0 saturated heterocycles. The number of hydrogen-bond donors (Lipinski definition) is 10. The molecule has 486 valence electrons. The summed E-state index contributed by atoms with van der Waals surface area (Å²) >= 11 is 0. The Balaban J connectivity index is 0.933. The average Bonchev–Trinajstić information content (AvgIpc) is 0.734. The normalized spacial score (nSPS) is 19.3. The summed E-state index contributed by atoms with van der Waals surface area (Å²) in [5.74, 6) is -1.90. The fourth-order valence-corrected chi connectivity index (χ4v) is 17.7. The summed E-state index contributed by atoms with van der Waals surface area (Å²) in [6.45, 7) is 13.5. The van der Waals surface area contributed by atoms with Gasteiger partial charge in [0.05, 0.1) is 27.1 Å². The molecule has 10 rings (SSSR count). The van der Waals surface area contributed by atoms with Crippen molar-refractivity contribution in [2.45, 2.75) is 132 Å². The Morgan fingerprint density at radius 1 is 0.609 bits per heavy atom. The fraction of sp³-hybridized carbons (Fsp3) is 0.333. The number of benzene rings is 6. The van der Waals surface area contributed by atoms with Gasteiger partial charge < -0.3 is 36.3 Å². The highest BCUT2D eigenvalue weighted by Gasteiger charge is 2.37. The minimum absolute atomic E-state index is 0.0151. The number of hydrogen-bond acceptors (Lipinski definition) is 19. The van der Waals surface area contributed by atoms with E-state index in [1.807, 2.05) is 6.92 Å². The highest BCUT2D eigenvalue weighted by atomic mass is 32.2. The quantitative estimate of drug-likeness (QED) is 0.0282. The first kappa shape index (κ1) is 66.5. The van der Waals surface area contributed by atoms with E-state index in [1.54, 1.807) is 63.2 Å². The number of carbonyl (C=O) groups is 2. The van der Waals surface area contributed by atoms with Gasteiger partial charge in [-0.05, 0) is 186 Å². The molecule has 2 heterocycles. The molecule has 0 spiro atoms. The molecule has 3 aliphatic carbocycles. The molecule has 4 aliphatic rings. The van der Waals surface area contributed by atoms with Crippen molar-refractivity contribution in [3.63, 3.8) is 0 Å². The van der Waals surface area contributed by atoms with Gasteiger partial charge in [0.1, 0.15) is 26.0 Å². The summed E-state index contributed by atoms with van der Waals surface area (Å²) in [7, 11) is -19.1. The van der Waals surface area contributed by atoms with Gasteiger partial charge in [-0.1, -0.05) is 44.2 Å². The smallest absolute Gasteiger partial charge is 0.335 e. The Morgan fingerprint density at radius 2 is 1.20 bits per heavy atom. The third kappa shape index (κ3) is 14.0. The lowest BCUT2D eigenvalue weighted by Gasteiger charge is -2.39. The highest BCUT2D eigenvalue weighted by molar-refractivity contribution is 7.89. The summed E-state index contributed by atoms with van der Waals surface area (Å²) in [6.07, 6.45) is 5.47. The number of nitrogens with two attached hydrogens (primary N) is 1. The van der Waals surface area contributed by atoms with Crippen LogP contribution in [-0.2, 0) is 40.4 Å². The lowest BCUT2D eigenvalue weighted by molar-refractivity contribution is 0.0696. The zero-order valence-corrected chi connectivity index (χ0v) is 54.5. The van der Waals surface area contributed by atoms with E-state index in [0.717, 1.165) is 50.7 Å². The van der Waals surface area contributed by atoms with Crippen LogP contribution in [0.5, 0.6) is 0 Å². The van der Waals surface area contributed by atoms with Gasteiger partial charge in [-0.2, -0.15) is 40.2 Å². The summed E-state index contributed by atoms with van der Waals surface area (Å²) < 4.78 is 149. The van der Waals surface area contributed by atoms with Crippen LogP contribution >= 0.6 is 0 Å². The summed E-state index contributed by atoms with van der Waals surface area (Å²) in [5, 5.41) is 28.5. The number of nitrogens with one attached hydrogen (secondary N) is 4. The highest BCUT2D eigenvalue weighted by Crippen LogP contribution is 2.46. The number of nitrogen functional groups attached to an aromatic ring is 1.